The Labute approximate surface area is 147 Å². The van der Waals surface area contributed by atoms with E-state index in [1.165, 1.54) is 18.4 Å². The molecule has 3 aromatic heterocycles. The SMILES string of the molecule is O=C(NNC(=O)c1cnn(-c2ccc(=O)[nH]n2)c1C(F)(F)F)c1ccco1. The molecule has 0 unspecified atom stereocenters. The Hall–Kier alpha value is -3.90. The fourth-order valence-corrected chi connectivity index (χ4v) is 2.07. The number of aromatic amines is 1. The van der Waals surface area contributed by atoms with E-state index >= 15 is 0 Å². The van der Waals surface area contributed by atoms with Crippen LogP contribution in [-0.4, -0.2) is 31.8 Å². The van der Waals surface area contributed by atoms with Gasteiger partial charge in [-0.05, 0) is 18.2 Å². The molecule has 0 bridgehead atoms. The van der Waals surface area contributed by atoms with Gasteiger partial charge in [-0.2, -0.15) is 23.4 Å². The van der Waals surface area contributed by atoms with Crippen molar-refractivity contribution in [3.05, 3.63) is 64.1 Å². The van der Waals surface area contributed by atoms with Crippen LogP contribution >= 0.6 is 0 Å². The van der Waals surface area contributed by atoms with Gasteiger partial charge in [0.2, 0.25) is 0 Å². The zero-order valence-electron chi connectivity index (χ0n) is 13.1. The summed E-state index contributed by atoms with van der Waals surface area (Å²) in [6.07, 6.45) is -3.12. The Bertz CT molecular complexity index is 1020. The van der Waals surface area contributed by atoms with Crippen LogP contribution in [0.25, 0.3) is 5.82 Å². The van der Waals surface area contributed by atoms with Crippen LogP contribution in [0.1, 0.15) is 26.6 Å². The Kier molecular flexibility index (Phi) is 4.50. The second-order valence-corrected chi connectivity index (χ2v) is 4.98. The van der Waals surface area contributed by atoms with Crippen LogP contribution < -0.4 is 16.4 Å². The summed E-state index contributed by atoms with van der Waals surface area (Å²) >= 11 is 0. The largest absolute Gasteiger partial charge is 0.459 e. The first kappa shape index (κ1) is 17.9. The zero-order chi connectivity index (χ0) is 19.6. The van der Waals surface area contributed by atoms with Crippen LogP contribution in [0.15, 0.2) is 45.9 Å². The summed E-state index contributed by atoms with van der Waals surface area (Å²) < 4.78 is 45.5. The number of hydrogen-bond donors (Lipinski definition) is 3. The van der Waals surface area contributed by atoms with Gasteiger partial charge in [0.15, 0.2) is 17.3 Å². The maximum atomic E-state index is 13.4. The first-order chi connectivity index (χ1) is 12.8. The summed E-state index contributed by atoms with van der Waals surface area (Å²) in [7, 11) is 0. The highest BCUT2D eigenvalue weighted by Crippen LogP contribution is 2.33. The van der Waals surface area contributed by atoms with Crippen molar-refractivity contribution >= 4 is 11.8 Å². The van der Waals surface area contributed by atoms with Gasteiger partial charge in [-0.3, -0.25) is 25.2 Å². The number of carbonyl (C=O) groups is 2. The van der Waals surface area contributed by atoms with E-state index in [4.69, 9.17) is 4.42 Å². The number of nitrogens with zero attached hydrogens (tertiary/aromatic N) is 3. The van der Waals surface area contributed by atoms with Gasteiger partial charge in [0.05, 0.1) is 18.0 Å². The number of hydrazine groups is 1. The lowest BCUT2D eigenvalue weighted by Crippen LogP contribution is -2.42. The van der Waals surface area contributed by atoms with Crippen LogP contribution in [0.5, 0.6) is 0 Å². The maximum absolute atomic E-state index is 13.4. The van der Waals surface area contributed by atoms with Crippen molar-refractivity contribution in [2.24, 2.45) is 0 Å². The average Bonchev–Trinajstić information content (AvgIpc) is 3.29. The van der Waals surface area contributed by atoms with Gasteiger partial charge >= 0.3 is 12.1 Å². The predicted molar refractivity (Wildman–Crippen MR) is 80.6 cm³/mol. The quantitative estimate of drug-likeness (QED) is 0.569. The first-order valence-corrected chi connectivity index (χ1v) is 7.13. The number of carbonyl (C=O) groups excluding carboxylic acids is 2. The standard InChI is InChI=1S/C14H9F3N6O4/c15-14(16,17)11-7(6-18-23(11)9-3-4-10(24)20-19-9)12(25)21-22-13(26)8-2-1-5-27-8/h1-6H,(H,20,24)(H,21,25)(H,22,26). The van der Waals surface area contributed by atoms with Crippen LogP contribution in [0.3, 0.4) is 0 Å². The molecule has 3 N–H and O–H groups in total. The molecular formula is C14H9F3N6O4. The Balaban J connectivity index is 1.88. The number of amides is 2. The van der Waals surface area contributed by atoms with Crippen molar-refractivity contribution in [2.45, 2.75) is 6.18 Å². The lowest BCUT2D eigenvalue weighted by molar-refractivity contribution is -0.143. The third-order valence-corrected chi connectivity index (χ3v) is 3.20. The van der Waals surface area contributed by atoms with E-state index in [1.54, 1.807) is 0 Å². The van der Waals surface area contributed by atoms with E-state index in [0.29, 0.717) is 10.9 Å². The normalized spacial score (nSPS) is 11.2. The van der Waals surface area contributed by atoms with E-state index in [-0.39, 0.29) is 11.6 Å². The molecule has 0 saturated heterocycles. The minimum atomic E-state index is -4.98. The molecule has 0 radical (unpaired) electrons. The second kappa shape index (κ2) is 6.78. The smallest absolute Gasteiger partial charge is 0.434 e. The summed E-state index contributed by atoms with van der Waals surface area (Å²) in [5.74, 6) is -2.64. The predicted octanol–water partition coefficient (Wildman–Crippen LogP) is 0.642. The number of nitrogens with one attached hydrogen (secondary N) is 3. The van der Waals surface area contributed by atoms with Crippen molar-refractivity contribution in [3.63, 3.8) is 0 Å². The maximum Gasteiger partial charge on any atom is 0.434 e. The lowest BCUT2D eigenvalue weighted by Gasteiger charge is -2.12. The molecule has 3 rings (SSSR count). The average molecular weight is 382 g/mol. The Morgan fingerprint density at radius 3 is 2.48 bits per heavy atom. The van der Waals surface area contributed by atoms with E-state index in [2.05, 4.69) is 10.2 Å². The van der Waals surface area contributed by atoms with Crippen molar-refractivity contribution < 1.29 is 27.2 Å². The molecule has 0 aliphatic carbocycles. The van der Waals surface area contributed by atoms with Gasteiger partial charge in [0.1, 0.15) is 0 Å². The van der Waals surface area contributed by atoms with Gasteiger partial charge in [0, 0.05) is 6.07 Å². The molecule has 10 nitrogen and oxygen atoms in total. The van der Waals surface area contributed by atoms with E-state index in [0.717, 1.165) is 12.1 Å². The van der Waals surface area contributed by atoms with Crippen LogP contribution in [0, 0.1) is 0 Å². The summed E-state index contributed by atoms with van der Waals surface area (Å²) in [4.78, 5) is 34.8. The van der Waals surface area contributed by atoms with Gasteiger partial charge in [-0.15, -0.1) is 0 Å². The molecule has 13 heteroatoms. The fraction of sp³-hybridized carbons (Fsp3) is 0.0714. The minimum absolute atomic E-state index is 0.153. The number of alkyl halides is 3. The fourth-order valence-electron chi connectivity index (χ4n) is 2.07. The molecule has 3 aromatic rings. The Morgan fingerprint density at radius 1 is 1.15 bits per heavy atom. The minimum Gasteiger partial charge on any atom is -0.459 e. The van der Waals surface area contributed by atoms with Crippen molar-refractivity contribution in [3.8, 4) is 5.82 Å². The lowest BCUT2D eigenvalue weighted by atomic mass is 10.2. The number of halogens is 3. The highest BCUT2D eigenvalue weighted by Gasteiger charge is 2.41. The Morgan fingerprint density at radius 2 is 1.89 bits per heavy atom. The van der Waals surface area contributed by atoms with Crippen molar-refractivity contribution in [1.82, 2.24) is 30.8 Å². The van der Waals surface area contributed by atoms with Gasteiger partial charge in [-0.1, -0.05) is 0 Å². The van der Waals surface area contributed by atoms with Crippen molar-refractivity contribution in [1.29, 1.82) is 0 Å². The molecule has 140 valence electrons. The second-order valence-electron chi connectivity index (χ2n) is 4.98. The van der Waals surface area contributed by atoms with E-state index in [9.17, 15) is 27.6 Å². The third kappa shape index (κ3) is 3.70. The van der Waals surface area contributed by atoms with Crippen LogP contribution in [0.4, 0.5) is 13.2 Å². The van der Waals surface area contributed by atoms with Crippen LogP contribution in [-0.2, 0) is 6.18 Å². The van der Waals surface area contributed by atoms with Gasteiger partial charge in [-0.25, -0.2) is 9.78 Å². The zero-order valence-corrected chi connectivity index (χ0v) is 13.1. The van der Waals surface area contributed by atoms with Gasteiger partial charge < -0.3 is 4.42 Å². The molecule has 0 spiro atoms. The molecule has 2 amide bonds. The number of hydrogen-bond acceptors (Lipinski definition) is 6. The highest BCUT2D eigenvalue weighted by atomic mass is 19.4. The number of furan rings is 1. The monoisotopic (exact) mass is 382 g/mol. The van der Waals surface area contributed by atoms with E-state index < -0.39 is 34.8 Å². The van der Waals surface area contributed by atoms with Gasteiger partial charge in [0.25, 0.3) is 11.5 Å². The molecule has 0 aromatic carbocycles. The molecule has 0 saturated carbocycles. The van der Waals surface area contributed by atoms with E-state index in [1.807, 2.05) is 16.0 Å². The molecule has 0 aliphatic rings. The molecule has 0 aliphatic heterocycles. The summed E-state index contributed by atoms with van der Waals surface area (Å²) in [6.45, 7) is 0. The summed E-state index contributed by atoms with van der Waals surface area (Å²) in [5, 5.41) is 8.92. The molecule has 0 fully saturated rings. The number of H-pyrrole nitrogens is 1. The molecular weight excluding hydrogens is 373 g/mol. The summed E-state index contributed by atoms with van der Waals surface area (Å²) in [6, 6.07) is 4.66. The third-order valence-electron chi connectivity index (χ3n) is 3.20. The molecule has 0 atom stereocenters. The molecule has 27 heavy (non-hydrogen) atoms. The first-order valence-electron chi connectivity index (χ1n) is 7.13. The summed E-state index contributed by atoms with van der Waals surface area (Å²) in [5.41, 5.74) is 0.832. The highest BCUT2D eigenvalue weighted by molar-refractivity contribution is 5.98. The van der Waals surface area contributed by atoms with Crippen molar-refractivity contribution in [2.75, 3.05) is 0 Å². The molecule has 3 heterocycles. The number of aromatic nitrogens is 4. The number of rotatable bonds is 3. The van der Waals surface area contributed by atoms with Crippen LogP contribution in [0.2, 0.25) is 0 Å². The topological polar surface area (TPSA) is 135 Å².